The fourth-order valence-electron chi connectivity index (χ4n) is 1.65. The van der Waals surface area contributed by atoms with Crippen LogP contribution in [0.5, 0.6) is 0 Å². The molecule has 0 N–H and O–H groups in total. The summed E-state index contributed by atoms with van der Waals surface area (Å²) in [5, 5.41) is 0. The summed E-state index contributed by atoms with van der Waals surface area (Å²) in [4.78, 5) is 0.856. The third-order valence-electron chi connectivity index (χ3n) is 2.50. The lowest BCUT2D eigenvalue weighted by molar-refractivity contribution is 0.611. The van der Waals surface area contributed by atoms with E-state index in [2.05, 4.69) is 24.3 Å². The third-order valence-corrected chi connectivity index (χ3v) is 5.31. The summed E-state index contributed by atoms with van der Waals surface area (Å²) in [6.45, 7) is 0. The number of benzene rings is 1. The van der Waals surface area contributed by atoms with Gasteiger partial charge in [0.2, 0.25) is 9.84 Å². The predicted octanol–water partition coefficient (Wildman–Crippen LogP) is 3.09. The molecule has 0 atom stereocenters. The van der Waals surface area contributed by atoms with Crippen molar-refractivity contribution in [2.45, 2.75) is 0 Å². The highest BCUT2D eigenvalue weighted by molar-refractivity contribution is 8.00. The Hall–Kier alpha value is -1.39. The summed E-state index contributed by atoms with van der Waals surface area (Å²) in [5.74, 6) is 0. The molecule has 2 aliphatic rings. The van der Waals surface area contributed by atoms with Crippen LogP contribution in [0, 0.1) is 0 Å². The molecule has 16 heavy (non-hydrogen) atoms. The van der Waals surface area contributed by atoms with Gasteiger partial charge in [0, 0.05) is 9.40 Å². The van der Waals surface area contributed by atoms with Crippen LogP contribution in [-0.4, -0.2) is 8.42 Å². The van der Waals surface area contributed by atoms with Gasteiger partial charge in [-0.2, -0.15) is 0 Å². The van der Waals surface area contributed by atoms with Gasteiger partial charge in [-0.1, -0.05) is 0 Å². The molecule has 0 unspecified atom stereocenters. The number of allylic oxidation sites excluding steroid dienone is 4. The Labute approximate surface area is 97.5 Å². The van der Waals surface area contributed by atoms with Gasteiger partial charge < -0.3 is 0 Å². The molecule has 4 rings (SSSR count). The molecule has 0 aliphatic carbocycles. The molecule has 0 saturated carbocycles. The summed E-state index contributed by atoms with van der Waals surface area (Å²) in [6, 6.07) is 8.56. The first-order valence-electron chi connectivity index (χ1n) is 4.79. The maximum Gasteiger partial charge on any atom is 0.206 e. The number of thiophene rings is 2. The minimum absolute atomic E-state index is 0.428. The Bertz CT molecular complexity index is 642. The fraction of sp³-hybridized carbons (Fsp3) is 0. The number of hydrogen-bond acceptors (Lipinski definition) is 3. The van der Waals surface area contributed by atoms with Gasteiger partial charge in [0.15, 0.2) is 0 Å². The normalized spacial score (nSPS) is 19.5. The van der Waals surface area contributed by atoms with E-state index in [-0.39, 0.29) is 0 Å². The number of fused-ring (bicyclic) bond motifs is 4. The van der Waals surface area contributed by atoms with E-state index < -0.39 is 9.84 Å². The number of sulfone groups is 1. The topological polar surface area (TPSA) is 34.1 Å². The summed E-state index contributed by atoms with van der Waals surface area (Å²) in [6.07, 6.45) is 6.46. The SMILES string of the molecule is O=S1(=O)C2=CC=C1C=C2.c1cc2ccc1s2. The van der Waals surface area contributed by atoms with Crippen LogP contribution in [-0.2, 0) is 9.84 Å². The van der Waals surface area contributed by atoms with Crippen molar-refractivity contribution >= 4 is 30.6 Å². The smallest absolute Gasteiger partial charge is 0.206 e. The van der Waals surface area contributed by atoms with Gasteiger partial charge >= 0.3 is 0 Å². The molecular formula is C12H8O2S2. The first-order chi connectivity index (χ1) is 7.66. The van der Waals surface area contributed by atoms with Crippen molar-refractivity contribution in [1.29, 1.82) is 0 Å². The molecule has 0 spiro atoms. The number of hydrogen-bond donors (Lipinski definition) is 0. The van der Waals surface area contributed by atoms with Gasteiger partial charge in [-0.25, -0.2) is 8.42 Å². The Morgan fingerprint density at radius 1 is 0.812 bits per heavy atom. The zero-order valence-corrected chi connectivity index (χ0v) is 9.88. The molecule has 0 aromatic carbocycles. The van der Waals surface area contributed by atoms with Crippen LogP contribution in [0.1, 0.15) is 0 Å². The molecule has 0 saturated heterocycles. The van der Waals surface area contributed by atoms with E-state index in [0.717, 1.165) is 0 Å². The van der Waals surface area contributed by atoms with E-state index in [1.165, 1.54) is 9.40 Å². The molecule has 2 aliphatic heterocycles. The lowest BCUT2D eigenvalue weighted by Crippen LogP contribution is -1.92. The van der Waals surface area contributed by atoms with E-state index in [4.69, 9.17) is 0 Å². The quantitative estimate of drug-likeness (QED) is 0.718. The molecule has 2 aromatic rings. The van der Waals surface area contributed by atoms with Crippen LogP contribution < -0.4 is 0 Å². The molecule has 0 radical (unpaired) electrons. The Morgan fingerprint density at radius 3 is 1.38 bits per heavy atom. The van der Waals surface area contributed by atoms with E-state index in [9.17, 15) is 8.42 Å². The lowest BCUT2D eigenvalue weighted by atomic mass is 10.3. The Morgan fingerprint density at radius 2 is 1.25 bits per heavy atom. The maximum absolute atomic E-state index is 11.0. The van der Waals surface area contributed by atoms with E-state index in [0.29, 0.717) is 9.81 Å². The zero-order chi connectivity index (χ0) is 11.2. The van der Waals surface area contributed by atoms with Crippen LogP contribution in [0.15, 0.2) is 58.4 Å². The molecule has 2 nitrogen and oxygen atoms in total. The second-order valence-electron chi connectivity index (χ2n) is 3.55. The molecule has 4 bridgehead atoms. The van der Waals surface area contributed by atoms with Crippen LogP contribution in [0.3, 0.4) is 0 Å². The van der Waals surface area contributed by atoms with Crippen LogP contribution in [0.25, 0.3) is 9.40 Å². The summed E-state index contributed by atoms with van der Waals surface area (Å²) < 4.78 is 24.7. The van der Waals surface area contributed by atoms with Crippen molar-refractivity contribution in [3.05, 3.63) is 58.4 Å². The van der Waals surface area contributed by atoms with Gasteiger partial charge in [0.05, 0.1) is 9.81 Å². The monoisotopic (exact) mass is 248 g/mol. The van der Waals surface area contributed by atoms with Gasteiger partial charge in [0.1, 0.15) is 0 Å². The average molecular weight is 248 g/mol. The molecule has 80 valence electrons. The summed E-state index contributed by atoms with van der Waals surface area (Å²) >= 11 is 1.84. The zero-order valence-electron chi connectivity index (χ0n) is 8.25. The van der Waals surface area contributed by atoms with Crippen molar-refractivity contribution in [1.82, 2.24) is 0 Å². The second kappa shape index (κ2) is 3.30. The summed E-state index contributed by atoms with van der Waals surface area (Å²) in [5.41, 5.74) is 0. The molecule has 0 amide bonds. The molecule has 4 heterocycles. The minimum Gasteiger partial charge on any atom is -0.219 e. The molecule has 0 fully saturated rings. The molecule has 2 aromatic heterocycles. The average Bonchev–Trinajstić information content (AvgIpc) is 3.03. The molecule has 4 heteroatoms. The van der Waals surface area contributed by atoms with Crippen LogP contribution in [0.4, 0.5) is 0 Å². The predicted molar refractivity (Wildman–Crippen MR) is 67.2 cm³/mol. The Kier molecular flexibility index (Phi) is 2.02. The highest BCUT2D eigenvalue weighted by Crippen LogP contribution is 2.32. The minimum atomic E-state index is -2.98. The maximum atomic E-state index is 11.0. The highest BCUT2D eigenvalue weighted by Gasteiger charge is 2.28. The first-order valence-corrected chi connectivity index (χ1v) is 7.09. The van der Waals surface area contributed by atoms with Gasteiger partial charge in [-0.15, -0.1) is 11.3 Å². The van der Waals surface area contributed by atoms with Gasteiger partial charge in [-0.3, -0.25) is 0 Å². The molecular weight excluding hydrogens is 240 g/mol. The standard InChI is InChI=1S/C6H4O2S.C6H4S/c7-9(8)5-1-2-6(9)4-3-5;1-2-6-4-3-5(1)7-6/h1-4H;1-4H. The van der Waals surface area contributed by atoms with Crippen molar-refractivity contribution in [3.63, 3.8) is 0 Å². The van der Waals surface area contributed by atoms with Gasteiger partial charge in [-0.05, 0) is 48.6 Å². The Balaban J connectivity index is 0.000000104. The van der Waals surface area contributed by atoms with E-state index in [1.807, 2.05) is 11.3 Å². The fourth-order valence-corrected chi connectivity index (χ4v) is 3.72. The highest BCUT2D eigenvalue weighted by atomic mass is 32.2. The second-order valence-corrected chi connectivity index (χ2v) is 6.64. The van der Waals surface area contributed by atoms with Crippen molar-refractivity contribution in [3.8, 4) is 0 Å². The first kappa shape index (κ1) is 9.81. The largest absolute Gasteiger partial charge is 0.219 e. The van der Waals surface area contributed by atoms with Crippen LogP contribution >= 0.6 is 11.3 Å². The number of rotatable bonds is 0. The third kappa shape index (κ3) is 1.42. The van der Waals surface area contributed by atoms with Gasteiger partial charge in [0.25, 0.3) is 0 Å². The van der Waals surface area contributed by atoms with E-state index >= 15 is 0 Å². The summed E-state index contributed by atoms with van der Waals surface area (Å²) in [7, 11) is -2.98. The van der Waals surface area contributed by atoms with Crippen molar-refractivity contribution in [2.75, 3.05) is 0 Å². The van der Waals surface area contributed by atoms with Crippen molar-refractivity contribution < 1.29 is 8.42 Å². The lowest BCUT2D eigenvalue weighted by Gasteiger charge is -1.86. The van der Waals surface area contributed by atoms with Crippen LogP contribution in [0.2, 0.25) is 0 Å². The van der Waals surface area contributed by atoms with Crippen molar-refractivity contribution in [2.24, 2.45) is 0 Å². The van der Waals surface area contributed by atoms with E-state index in [1.54, 1.807) is 24.3 Å².